The standard InChI is InChI=1S/C12H10.C5H9O5P/c1-3-7-11(8-4-1)12-9-5-2-6-10-12;1-2-5(6)10-3-4-11(7,8)9/h1-10H;2H,1,3-4H2,(H2,7,8,9). The van der Waals surface area contributed by atoms with Crippen molar-refractivity contribution >= 4 is 13.6 Å². The van der Waals surface area contributed by atoms with Gasteiger partial charge in [-0.3, -0.25) is 4.57 Å². The maximum Gasteiger partial charge on any atom is 0.330 e. The van der Waals surface area contributed by atoms with Gasteiger partial charge in [0.15, 0.2) is 0 Å². The van der Waals surface area contributed by atoms with E-state index in [0.29, 0.717) is 0 Å². The first-order chi connectivity index (χ1) is 10.9. The molecular formula is C17H19O5P. The molecule has 0 amide bonds. The summed E-state index contributed by atoms with van der Waals surface area (Å²) in [6, 6.07) is 20.8. The van der Waals surface area contributed by atoms with Gasteiger partial charge in [-0.05, 0) is 11.1 Å². The zero-order valence-corrected chi connectivity index (χ0v) is 13.4. The van der Waals surface area contributed by atoms with E-state index >= 15 is 0 Å². The lowest BCUT2D eigenvalue weighted by atomic mass is 10.1. The number of hydrogen-bond acceptors (Lipinski definition) is 3. The van der Waals surface area contributed by atoms with Gasteiger partial charge in [-0.25, -0.2) is 4.79 Å². The predicted octanol–water partition coefficient (Wildman–Crippen LogP) is 3.25. The number of esters is 1. The smallest absolute Gasteiger partial charge is 0.330 e. The molecule has 0 heterocycles. The van der Waals surface area contributed by atoms with E-state index in [4.69, 9.17) is 9.79 Å². The van der Waals surface area contributed by atoms with E-state index < -0.39 is 19.7 Å². The molecule has 0 saturated heterocycles. The third kappa shape index (κ3) is 8.73. The van der Waals surface area contributed by atoms with Gasteiger partial charge >= 0.3 is 13.6 Å². The van der Waals surface area contributed by atoms with Gasteiger partial charge in [0.25, 0.3) is 0 Å². The molecule has 0 bridgehead atoms. The average Bonchev–Trinajstić information content (AvgIpc) is 2.56. The molecular weight excluding hydrogens is 315 g/mol. The molecule has 0 aliphatic rings. The lowest BCUT2D eigenvalue weighted by molar-refractivity contribution is -0.137. The normalized spacial score (nSPS) is 10.2. The Bertz CT molecular complexity index is 612. The fraction of sp³-hybridized carbons (Fsp3) is 0.118. The zero-order chi connectivity index (χ0) is 17.1. The predicted molar refractivity (Wildman–Crippen MR) is 89.9 cm³/mol. The number of carbonyl (C=O) groups excluding carboxylic acids is 1. The Hall–Kier alpha value is -2.20. The molecule has 6 heteroatoms. The van der Waals surface area contributed by atoms with Gasteiger partial charge in [-0.1, -0.05) is 67.2 Å². The van der Waals surface area contributed by atoms with Crippen molar-refractivity contribution < 1.29 is 23.9 Å². The third-order valence-electron chi connectivity index (χ3n) is 2.67. The van der Waals surface area contributed by atoms with Gasteiger partial charge in [0.2, 0.25) is 0 Å². The van der Waals surface area contributed by atoms with Crippen LogP contribution in [0, 0.1) is 0 Å². The fourth-order valence-electron chi connectivity index (χ4n) is 1.59. The van der Waals surface area contributed by atoms with Crippen LogP contribution in [0.1, 0.15) is 0 Å². The number of hydrogen-bond donors (Lipinski definition) is 2. The molecule has 0 atom stereocenters. The van der Waals surface area contributed by atoms with Crippen LogP contribution in [0.2, 0.25) is 0 Å². The van der Waals surface area contributed by atoms with Crippen LogP contribution in [0.15, 0.2) is 73.3 Å². The summed E-state index contributed by atoms with van der Waals surface area (Å²) in [6.07, 6.45) is 0.478. The molecule has 2 N–H and O–H groups in total. The minimum atomic E-state index is -4.04. The summed E-state index contributed by atoms with van der Waals surface area (Å²) < 4.78 is 14.5. The van der Waals surface area contributed by atoms with Gasteiger partial charge < -0.3 is 14.5 Å². The Morgan fingerprint density at radius 2 is 1.43 bits per heavy atom. The van der Waals surface area contributed by atoms with Crippen molar-refractivity contribution in [2.75, 3.05) is 12.8 Å². The molecule has 0 radical (unpaired) electrons. The Morgan fingerprint density at radius 1 is 1.00 bits per heavy atom. The van der Waals surface area contributed by atoms with Gasteiger partial charge in [-0.2, -0.15) is 0 Å². The van der Waals surface area contributed by atoms with Crippen molar-refractivity contribution in [1.82, 2.24) is 0 Å². The second-order valence-electron chi connectivity index (χ2n) is 4.49. The van der Waals surface area contributed by atoms with Crippen molar-refractivity contribution in [2.24, 2.45) is 0 Å². The zero-order valence-electron chi connectivity index (χ0n) is 12.5. The summed E-state index contributed by atoms with van der Waals surface area (Å²) in [4.78, 5) is 26.9. The first-order valence-corrected chi connectivity index (χ1v) is 8.66. The molecule has 5 nitrogen and oxygen atoms in total. The summed E-state index contributed by atoms with van der Waals surface area (Å²) >= 11 is 0. The Kier molecular flexibility index (Phi) is 7.98. The summed E-state index contributed by atoms with van der Waals surface area (Å²) in [7, 11) is -4.04. The SMILES string of the molecule is C=CC(=O)OCCP(=O)(O)O.c1ccc(-c2ccccc2)cc1. The second-order valence-corrected chi connectivity index (χ2v) is 6.27. The quantitative estimate of drug-likeness (QED) is 0.498. The summed E-state index contributed by atoms with van der Waals surface area (Å²) in [6.45, 7) is 2.82. The van der Waals surface area contributed by atoms with E-state index in [1.165, 1.54) is 11.1 Å². The second kappa shape index (κ2) is 9.74. The Morgan fingerprint density at radius 3 is 1.78 bits per heavy atom. The largest absolute Gasteiger partial charge is 0.462 e. The molecule has 0 saturated carbocycles. The van der Waals surface area contributed by atoms with E-state index in [2.05, 4.69) is 59.8 Å². The highest BCUT2D eigenvalue weighted by Gasteiger charge is 2.12. The molecule has 2 aromatic rings. The summed E-state index contributed by atoms with van der Waals surface area (Å²) in [5.74, 6) is -0.682. The van der Waals surface area contributed by atoms with Crippen LogP contribution in [-0.2, 0) is 14.1 Å². The monoisotopic (exact) mass is 334 g/mol. The van der Waals surface area contributed by atoms with Crippen LogP contribution in [0.25, 0.3) is 11.1 Å². The molecule has 0 unspecified atom stereocenters. The van der Waals surface area contributed by atoms with Crippen LogP contribution in [0.3, 0.4) is 0 Å². The highest BCUT2D eigenvalue weighted by molar-refractivity contribution is 7.51. The highest BCUT2D eigenvalue weighted by atomic mass is 31.2. The summed E-state index contributed by atoms with van der Waals surface area (Å²) in [5.41, 5.74) is 2.55. The van der Waals surface area contributed by atoms with Crippen molar-refractivity contribution in [1.29, 1.82) is 0 Å². The van der Waals surface area contributed by atoms with Gasteiger partial charge in [0, 0.05) is 6.08 Å². The van der Waals surface area contributed by atoms with Crippen molar-refractivity contribution in [2.45, 2.75) is 0 Å². The van der Waals surface area contributed by atoms with Gasteiger partial charge in [0.1, 0.15) is 6.61 Å². The molecule has 2 aromatic carbocycles. The maximum atomic E-state index is 10.3. The Labute approximate surface area is 135 Å². The third-order valence-corrected chi connectivity index (χ3v) is 3.44. The number of carbonyl (C=O) groups is 1. The molecule has 0 aromatic heterocycles. The van der Waals surface area contributed by atoms with Crippen molar-refractivity contribution in [3.8, 4) is 11.1 Å². The molecule has 0 fully saturated rings. The molecule has 23 heavy (non-hydrogen) atoms. The van der Waals surface area contributed by atoms with E-state index in [1.54, 1.807) is 0 Å². The number of ether oxygens (including phenoxy) is 1. The summed E-state index contributed by atoms with van der Waals surface area (Å²) in [5, 5.41) is 0. The molecule has 0 aliphatic heterocycles. The average molecular weight is 334 g/mol. The van der Waals surface area contributed by atoms with Crippen molar-refractivity contribution in [3.05, 3.63) is 73.3 Å². The fourth-order valence-corrected chi connectivity index (χ4v) is 1.91. The molecule has 2 rings (SSSR count). The Balaban J connectivity index is 0.000000232. The lowest BCUT2D eigenvalue weighted by Crippen LogP contribution is -2.05. The first kappa shape index (κ1) is 18.8. The highest BCUT2D eigenvalue weighted by Crippen LogP contribution is 2.33. The van der Waals surface area contributed by atoms with Crippen LogP contribution in [0.4, 0.5) is 0 Å². The number of rotatable bonds is 5. The molecule has 0 aliphatic carbocycles. The van der Waals surface area contributed by atoms with E-state index in [9.17, 15) is 9.36 Å². The van der Waals surface area contributed by atoms with E-state index in [-0.39, 0.29) is 6.61 Å². The lowest BCUT2D eigenvalue weighted by Gasteiger charge is -2.02. The van der Waals surface area contributed by atoms with Crippen LogP contribution in [-0.4, -0.2) is 28.5 Å². The minimum absolute atomic E-state index is 0.283. The number of benzene rings is 2. The van der Waals surface area contributed by atoms with Crippen LogP contribution in [0.5, 0.6) is 0 Å². The minimum Gasteiger partial charge on any atom is -0.462 e. The van der Waals surface area contributed by atoms with Gasteiger partial charge in [-0.15, -0.1) is 0 Å². The van der Waals surface area contributed by atoms with Crippen molar-refractivity contribution in [3.63, 3.8) is 0 Å². The van der Waals surface area contributed by atoms with Gasteiger partial charge in [0.05, 0.1) is 6.16 Å². The molecule has 122 valence electrons. The first-order valence-electron chi connectivity index (χ1n) is 6.86. The van der Waals surface area contributed by atoms with E-state index in [1.807, 2.05) is 12.1 Å². The van der Waals surface area contributed by atoms with E-state index in [0.717, 1.165) is 6.08 Å². The van der Waals surface area contributed by atoms with Crippen LogP contribution < -0.4 is 0 Å². The van der Waals surface area contributed by atoms with Crippen LogP contribution >= 0.6 is 7.60 Å². The maximum absolute atomic E-state index is 10.3. The molecule has 0 spiro atoms. The topological polar surface area (TPSA) is 83.8 Å².